The number of para-hydroxylation sites is 1. The summed E-state index contributed by atoms with van der Waals surface area (Å²) in [5.41, 5.74) is 3.29. The molecule has 3 N–H and O–H groups in total. The summed E-state index contributed by atoms with van der Waals surface area (Å²) in [7, 11) is 0. The van der Waals surface area contributed by atoms with Crippen LogP contribution in [0.1, 0.15) is 5.69 Å². The zero-order valence-corrected chi connectivity index (χ0v) is 13.2. The van der Waals surface area contributed by atoms with Crippen LogP contribution in [-0.2, 0) is 6.54 Å². The van der Waals surface area contributed by atoms with Crippen LogP contribution in [0.15, 0.2) is 60.9 Å². The van der Waals surface area contributed by atoms with Gasteiger partial charge in [-0.3, -0.25) is 5.10 Å². The van der Waals surface area contributed by atoms with Crippen LogP contribution in [0.5, 0.6) is 0 Å². The standard InChI is InChI=1S/C17H15N7O/c25-17(21-13-6-7-16-12(8-13)9-19-22-16)18-10-15-11-20-23-24(15)14-4-2-1-3-5-14/h1-9,11H,10H2,(H,19,22)(H2,18,21,25). The van der Waals surface area contributed by atoms with E-state index in [4.69, 9.17) is 0 Å². The monoisotopic (exact) mass is 333 g/mol. The number of nitrogens with one attached hydrogen (secondary N) is 3. The van der Waals surface area contributed by atoms with Crippen molar-refractivity contribution in [2.75, 3.05) is 5.32 Å². The van der Waals surface area contributed by atoms with Crippen molar-refractivity contribution in [1.29, 1.82) is 0 Å². The largest absolute Gasteiger partial charge is 0.332 e. The number of hydrogen-bond acceptors (Lipinski definition) is 4. The Morgan fingerprint density at radius 1 is 1.12 bits per heavy atom. The van der Waals surface area contributed by atoms with Crippen LogP contribution in [0.4, 0.5) is 10.5 Å². The highest BCUT2D eigenvalue weighted by atomic mass is 16.2. The molecule has 0 aliphatic carbocycles. The molecule has 4 rings (SSSR count). The van der Waals surface area contributed by atoms with Crippen molar-refractivity contribution < 1.29 is 4.79 Å². The molecule has 8 heteroatoms. The molecule has 0 radical (unpaired) electrons. The second-order valence-corrected chi connectivity index (χ2v) is 5.45. The van der Waals surface area contributed by atoms with E-state index in [2.05, 4.69) is 31.1 Å². The Balaban J connectivity index is 1.41. The van der Waals surface area contributed by atoms with Gasteiger partial charge in [0.15, 0.2) is 0 Å². The molecule has 8 nitrogen and oxygen atoms in total. The number of H-pyrrole nitrogens is 1. The molecule has 0 aliphatic rings. The van der Waals surface area contributed by atoms with Gasteiger partial charge in [0, 0.05) is 11.1 Å². The molecule has 2 aromatic carbocycles. The van der Waals surface area contributed by atoms with Crippen molar-refractivity contribution in [1.82, 2.24) is 30.5 Å². The minimum absolute atomic E-state index is 0.302. The highest BCUT2D eigenvalue weighted by Gasteiger charge is 2.08. The Bertz CT molecular complexity index is 1010. The topological polar surface area (TPSA) is 101 Å². The average molecular weight is 333 g/mol. The van der Waals surface area contributed by atoms with Crippen LogP contribution in [0.3, 0.4) is 0 Å². The van der Waals surface area contributed by atoms with Crippen LogP contribution >= 0.6 is 0 Å². The van der Waals surface area contributed by atoms with E-state index < -0.39 is 0 Å². The molecular weight excluding hydrogens is 318 g/mol. The lowest BCUT2D eigenvalue weighted by Gasteiger charge is -2.09. The molecule has 0 fully saturated rings. The zero-order chi connectivity index (χ0) is 17.1. The molecule has 0 atom stereocenters. The fourth-order valence-electron chi connectivity index (χ4n) is 2.53. The number of aromatic nitrogens is 5. The molecule has 2 aromatic heterocycles. The van der Waals surface area contributed by atoms with Gasteiger partial charge in [-0.15, -0.1) is 5.10 Å². The van der Waals surface area contributed by atoms with E-state index in [9.17, 15) is 4.79 Å². The minimum Gasteiger partial charge on any atom is -0.332 e. The summed E-state index contributed by atoms with van der Waals surface area (Å²) in [6, 6.07) is 14.9. The van der Waals surface area contributed by atoms with Gasteiger partial charge < -0.3 is 10.6 Å². The summed E-state index contributed by atoms with van der Waals surface area (Å²) in [4.78, 5) is 12.1. The summed E-state index contributed by atoms with van der Waals surface area (Å²) >= 11 is 0. The minimum atomic E-state index is -0.302. The number of benzene rings is 2. The van der Waals surface area contributed by atoms with Crippen molar-refractivity contribution in [2.24, 2.45) is 0 Å². The van der Waals surface area contributed by atoms with Gasteiger partial charge in [0.1, 0.15) is 0 Å². The van der Waals surface area contributed by atoms with Gasteiger partial charge in [-0.2, -0.15) is 5.10 Å². The number of fused-ring (bicyclic) bond motifs is 1. The number of urea groups is 1. The summed E-state index contributed by atoms with van der Waals surface area (Å²) in [6.07, 6.45) is 3.34. The second kappa shape index (κ2) is 6.44. The summed E-state index contributed by atoms with van der Waals surface area (Å²) in [6.45, 7) is 0.307. The van der Waals surface area contributed by atoms with E-state index in [1.807, 2.05) is 48.5 Å². The molecule has 4 aromatic rings. The van der Waals surface area contributed by atoms with Crippen LogP contribution in [0, 0.1) is 0 Å². The third-order valence-electron chi connectivity index (χ3n) is 3.75. The Morgan fingerprint density at radius 2 is 2.00 bits per heavy atom. The van der Waals surface area contributed by atoms with Crippen LogP contribution in [-0.4, -0.2) is 31.2 Å². The Labute approximate surface area is 142 Å². The maximum atomic E-state index is 12.1. The summed E-state index contributed by atoms with van der Waals surface area (Å²) in [5, 5.41) is 21.4. The molecule has 2 amide bonds. The lowest BCUT2D eigenvalue weighted by atomic mass is 10.2. The fourth-order valence-corrected chi connectivity index (χ4v) is 2.53. The quantitative estimate of drug-likeness (QED) is 0.534. The summed E-state index contributed by atoms with van der Waals surface area (Å²) < 4.78 is 1.69. The number of hydrogen-bond donors (Lipinski definition) is 3. The van der Waals surface area contributed by atoms with E-state index in [0.717, 1.165) is 22.3 Å². The van der Waals surface area contributed by atoms with E-state index in [1.54, 1.807) is 17.1 Å². The maximum Gasteiger partial charge on any atom is 0.319 e. The lowest BCUT2D eigenvalue weighted by Crippen LogP contribution is -2.29. The van der Waals surface area contributed by atoms with E-state index in [0.29, 0.717) is 12.2 Å². The van der Waals surface area contributed by atoms with Gasteiger partial charge in [0.2, 0.25) is 0 Å². The first-order valence-electron chi connectivity index (χ1n) is 7.72. The van der Waals surface area contributed by atoms with Crippen molar-refractivity contribution >= 4 is 22.6 Å². The molecule has 124 valence electrons. The van der Waals surface area contributed by atoms with E-state index in [1.165, 1.54) is 0 Å². The number of nitrogens with zero attached hydrogens (tertiary/aromatic N) is 4. The number of carbonyl (C=O) groups is 1. The fraction of sp³-hybridized carbons (Fsp3) is 0.0588. The van der Waals surface area contributed by atoms with Crippen molar-refractivity contribution in [3.05, 3.63) is 66.6 Å². The highest BCUT2D eigenvalue weighted by molar-refractivity contribution is 5.92. The van der Waals surface area contributed by atoms with Crippen molar-refractivity contribution in [3.8, 4) is 5.69 Å². The third kappa shape index (κ3) is 3.18. The van der Waals surface area contributed by atoms with E-state index >= 15 is 0 Å². The SMILES string of the molecule is O=C(NCc1cnnn1-c1ccccc1)Nc1ccc2[nH]ncc2c1. The molecule has 0 saturated heterocycles. The van der Waals surface area contributed by atoms with Crippen LogP contribution in [0.25, 0.3) is 16.6 Å². The first-order valence-corrected chi connectivity index (χ1v) is 7.72. The molecular formula is C17H15N7O. The second-order valence-electron chi connectivity index (χ2n) is 5.45. The first-order chi connectivity index (χ1) is 12.3. The van der Waals surface area contributed by atoms with E-state index in [-0.39, 0.29) is 6.03 Å². The smallest absolute Gasteiger partial charge is 0.319 e. The zero-order valence-electron chi connectivity index (χ0n) is 13.2. The first kappa shape index (κ1) is 14.9. The van der Waals surface area contributed by atoms with Crippen LogP contribution < -0.4 is 10.6 Å². The van der Waals surface area contributed by atoms with Crippen molar-refractivity contribution in [3.63, 3.8) is 0 Å². The van der Waals surface area contributed by atoms with Gasteiger partial charge in [0.05, 0.1) is 35.8 Å². The number of rotatable bonds is 4. The number of aromatic amines is 1. The van der Waals surface area contributed by atoms with Gasteiger partial charge >= 0.3 is 6.03 Å². The third-order valence-corrected chi connectivity index (χ3v) is 3.75. The molecule has 0 saturated carbocycles. The Kier molecular flexibility index (Phi) is 3.83. The normalized spacial score (nSPS) is 10.7. The molecule has 0 spiro atoms. The molecule has 25 heavy (non-hydrogen) atoms. The number of amides is 2. The van der Waals surface area contributed by atoms with Crippen molar-refractivity contribution in [2.45, 2.75) is 6.54 Å². The molecule has 0 aliphatic heterocycles. The Morgan fingerprint density at radius 3 is 2.88 bits per heavy atom. The lowest BCUT2D eigenvalue weighted by molar-refractivity contribution is 0.251. The van der Waals surface area contributed by atoms with Gasteiger partial charge in [0.25, 0.3) is 0 Å². The summed E-state index contributed by atoms with van der Waals surface area (Å²) in [5.74, 6) is 0. The van der Waals surface area contributed by atoms with Gasteiger partial charge in [-0.1, -0.05) is 23.4 Å². The number of anilines is 1. The molecule has 0 unspecified atom stereocenters. The molecule has 2 heterocycles. The molecule has 0 bridgehead atoms. The van der Waals surface area contributed by atoms with Gasteiger partial charge in [-0.25, -0.2) is 9.48 Å². The Hall–Kier alpha value is -3.68. The number of carbonyl (C=O) groups excluding carboxylic acids is 1. The highest BCUT2D eigenvalue weighted by Crippen LogP contribution is 2.16. The van der Waals surface area contributed by atoms with Gasteiger partial charge in [-0.05, 0) is 30.3 Å². The predicted octanol–water partition coefficient (Wildman–Crippen LogP) is 2.47. The van der Waals surface area contributed by atoms with Crippen LogP contribution in [0.2, 0.25) is 0 Å². The average Bonchev–Trinajstić information content (AvgIpc) is 3.29. The predicted molar refractivity (Wildman–Crippen MR) is 93.3 cm³/mol. The maximum absolute atomic E-state index is 12.1.